The lowest BCUT2D eigenvalue weighted by molar-refractivity contribution is 0.0951. The Morgan fingerprint density at radius 2 is 1.69 bits per heavy atom. The molecule has 0 aliphatic carbocycles. The number of fused-ring (bicyclic) bond motifs is 1. The molecule has 2 aliphatic rings. The molecule has 1 N–H and O–H groups in total. The van der Waals surface area contributed by atoms with Crippen molar-refractivity contribution in [3.63, 3.8) is 0 Å². The fourth-order valence-electron chi connectivity index (χ4n) is 5.08. The van der Waals surface area contributed by atoms with Gasteiger partial charge in [-0.1, -0.05) is 12.8 Å². The first-order valence-corrected chi connectivity index (χ1v) is 14.3. The second kappa shape index (κ2) is 11.0. The number of carbonyl (C=O) groups excluding carboxylic acids is 1. The minimum Gasteiger partial charge on any atom is -0.351 e. The van der Waals surface area contributed by atoms with Crippen molar-refractivity contribution in [2.24, 2.45) is 0 Å². The Bertz CT molecular complexity index is 1320. The molecule has 8 nitrogen and oxygen atoms in total. The Balaban J connectivity index is 1.51. The van der Waals surface area contributed by atoms with Gasteiger partial charge in [0.15, 0.2) is 0 Å². The molecular formula is C27H33N5O3S. The summed E-state index contributed by atoms with van der Waals surface area (Å²) in [5.41, 5.74) is 2.43. The second-order valence-electron chi connectivity index (χ2n) is 9.60. The number of nitrogens with one attached hydrogen (secondary N) is 1. The van der Waals surface area contributed by atoms with Crippen LogP contribution in [0.4, 0.5) is 0 Å². The Kier molecular flexibility index (Phi) is 7.59. The van der Waals surface area contributed by atoms with Gasteiger partial charge < -0.3 is 10.2 Å². The van der Waals surface area contributed by atoms with Gasteiger partial charge in [-0.2, -0.15) is 4.31 Å². The summed E-state index contributed by atoms with van der Waals surface area (Å²) in [5, 5.41) is 3.58. The highest BCUT2D eigenvalue weighted by atomic mass is 32.2. The fourth-order valence-corrected chi connectivity index (χ4v) is 6.62. The van der Waals surface area contributed by atoms with Crippen LogP contribution in [-0.2, 0) is 10.0 Å². The molecule has 0 unspecified atom stereocenters. The van der Waals surface area contributed by atoms with Gasteiger partial charge in [-0.3, -0.25) is 9.78 Å². The molecule has 1 amide bonds. The van der Waals surface area contributed by atoms with Crippen molar-refractivity contribution in [3.8, 4) is 11.3 Å². The topological polar surface area (TPSA) is 95.5 Å². The minimum atomic E-state index is -3.65. The van der Waals surface area contributed by atoms with Crippen molar-refractivity contribution < 1.29 is 13.2 Å². The molecule has 190 valence electrons. The van der Waals surface area contributed by atoms with Crippen LogP contribution in [0.25, 0.3) is 22.2 Å². The molecular weight excluding hydrogens is 474 g/mol. The molecule has 0 saturated carbocycles. The van der Waals surface area contributed by atoms with Crippen LogP contribution in [0.2, 0.25) is 0 Å². The first-order valence-electron chi connectivity index (χ1n) is 12.9. The zero-order chi connectivity index (χ0) is 25.0. The maximum atomic E-state index is 13.5. The molecule has 2 aromatic heterocycles. The van der Waals surface area contributed by atoms with E-state index in [2.05, 4.69) is 15.2 Å². The van der Waals surface area contributed by atoms with E-state index in [0.29, 0.717) is 41.8 Å². The molecule has 0 spiro atoms. The number of likely N-dealkylation sites (tertiary alicyclic amines) is 1. The Morgan fingerprint density at radius 3 is 2.42 bits per heavy atom. The van der Waals surface area contributed by atoms with E-state index in [1.807, 2.05) is 12.1 Å². The summed E-state index contributed by atoms with van der Waals surface area (Å²) in [6.07, 6.45) is 9.63. The third kappa shape index (κ3) is 5.43. The van der Waals surface area contributed by atoms with Gasteiger partial charge in [0.25, 0.3) is 5.91 Å². The quantitative estimate of drug-likeness (QED) is 0.524. The predicted octanol–water partition coefficient (Wildman–Crippen LogP) is 3.69. The van der Waals surface area contributed by atoms with Crippen LogP contribution in [0.5, 0.6) is 0 Å². The maximum Gasteiger partial charge on any atom is 0.252 e. The predicted molar refractivity (Wildman–Crippen MR) is 140 cm³/mol. The van der Waals surface area contributed by atoms with Gasteiger partial charge in [0.2, 0.25) is 10.0 Å². The molecule has 2 aliphatic heterocycles. The summed E-state index contributed by atoms with van der Waals surface area (Å²) in [5.74, 6) is -0.226. The molecule has 0 radical (unpaired) electrons. The van der Waals surface area contributed by atoms with Crippen LogP contribution in [-0.4, -0.2) is 72.8 Å². The molecule has 4 heterocycles. The highest BCUT2D eigenvalue weighted by Crippen LogP contribution is 2.28. The number of hydrogen-bond donors (Lipinski definition) is 1. The van der Waals surface area contributed by atoms with Gasteiger partial charge in [-0.15, -0.1) is 0 Å². The number of nitrogens with zero attached hydrogens (tertiary/aromatic N) is 4. The van der Waals surface area contributed by atoms with E-state index < -0.39 is 10.0 Å². The molecule has 9 heteroatoms. The molecule has 0 atom stereocenters. The van der Waals surface area contributed by atoms with Crippen molar-refractivity contribution in [1.29, 1.82) is 0 Å². The zero-order valence-electron chi connectivity index (χ0n) is 20.5. The average molecular weight is 508 g/mol. The normalized spacial score (nSPS) is 17.8. The van der Waals surface area contributed by atoms with Crippen LogP contribution in [0.1, 0.15) is 48.9 Å². The van der Waals surface area contributed by atoms with E-state index >= 15 is 0 Å². The standard InChI is InChI=1S/C27H33N5O3S/c33-27(29-12-17-31-13-5-6-14-31)24-19-26(21-8-7-11-28-20-21)30-25-10-9-22(18-23(24)25)36(34,35)32-15-3-1-2-4-16-32/h7-11,18-20H,1-6,12-17H2,(H,29,33). The van der Waals surface area contributed by atoms with Gasteiger partial charge in [0.05, 0.1) is 21.7 Å². The Labute approximate surface area is 212 Å². The van der Waals surface area contributed by atoms with Gasteiger partial charge in [-0.05, 0) is 75.2 Å². The molecule has 3 aromatic rings. The van der Waals surface area contributed by atoms with E-state index in [1.54, 1.807) is 41.0 Å². The zero-order valence-corrected chi connectivity index (χ0v) is 21.3. The third-order valence-electron chi connectivity index (χ3n) is 7.10. The lowest BCUT2D eigenvalue weighted by Crippen LogP contribution is -2.33. The van der Waals surface area contributed by atoms with Gasteiger partial charge >= 0.3 is 0 Å². The van der Waals surface area contributed by atoms with Crippen molar-refractivity contribution in [2.75, 3.05) is 39.3 Å². The SMILES string of the molecule is O=C(NCCN1CCCC1)c1cc(-c2cccnc2)nc2ccc(S(=O)(=O)N3CCCCCC3)cc12. The Morgan fingerprint density at radius 1 is 0.944 bits per heavy atom. The second-order valence-corrected chi connectivity index (χ2v) is 11.5. The summed E-state index contributed by atoms with van der Waals surface area (Å²) < 4.78 is 28.5. The molecule has 2 saturated heterocycles. The maximum absolute atomic E-state index is 13.5. The van der Waals surface area contributed by atoms with Crippen molar-refractivity contribution >= 4 is 26.8 Å². The minimum absolute atomic E-state index is 0.207. The van der Waals surface area contributed by atoms with Crippen molar-refractivity contribution in [3.05, 3.63) is 54.4 Å². The number of amides is 1. The van der Waals surface area contributed by atoms with E-state index in [-0.39, 0.29) is 10.8 Å². The number of hydrogen-bond acceptors (Lipinski definition) is 6. The summed E-state index contributed by atoms with van der Waals surface area (Å²) >= 11 is 0. The first kappa shape index (κ1) is 24.8. The number of pyridine rings is 2. The fraction of sp³-hybridized carbons (Fsp3) is 0.444. The molecule has 2 fully saturated rings. The summed E-state index contributed by atoms with van der Waals surface area (Å²) in [6, 6.07) is 10.4. The van der Waals surface area contributed by atoms with E-state index in [0.717, 1.165) is 50.9 Å². The number of rotatable bonds is 7. The molecule has 5 rings (SSSR count). The summed E-state index contributed by atoms with van der Waals surface area (Å²) in [7, 11) is -3.65. The van der Waals surface area contributed by atoms with Gasteiger partial charge in [0.1, 0.15) is 0 Å². The van der Waals surface area contributed by atoms with E-state index in [4.69, 9.17) is 4.98 Å². The summed E-state index contributed by atoms with van der Waals surface area (Å²) in [4.78, 5) is 24.9. The highest BCUT2D eigenvalue weighted by Gasteiger charge is 2.26. The molecule has 36 heavy (non-hydrogen) atoms. The number of aromatic nitrogens is 2. The highest BCUT2D eigenvalue weighted by molar-refractivity contribution is 7.89. The first-order chi connectivity index (χ1) is 17.5. The van der Waals surface area contributed by atoms with Gasteiger partial charge in [-0.25, -0.2) is 13.4 Å². The van der Waals surface area contributed by atoms with E-state index in [9.17, 15) is 13.2 Å². The lowest BCUT2D eigenvalue weighted by atomic mass is 10.0. The monoisotopic (exact) mass is 507 g/mol. The number of sulfonamides is 1. The van der Waals surface area contributed by atoms with E-state index in [1.165, 1.54) is 12.8 Å². The van der Waals surface area contributed by atoms with Crippen LogP contribution < -0.4 is 5.32 Å². The smallest absolute Gasteiger partial charge is 0.252 e. The van der Waals surface area contributed by atoms with Crippen LogP contribution >= 0.6 is 0 Å². The average Bonchev–Trinajstić information content (AvgIpc) is 3.26. The largest absolute Gasteiger partial charge is 0.351 e. The van der Waals surface area contributed by atoms with Crippen LogP contribution in [0.3, 0.4) is 0 Å². The number of carbonyl (C=O) groups is 1. The summed E-state index contributed by atoms with van der Waals surface area (Å²) in [6.45, 7) is 4.54. The molecule has 1 aromatic carbocycles. The van der Waals surface area contributed by atoms with Crippen LogP contribution in [0.15, 0.2) is 53.7 Å². The van der Waals surface area contributed by atoms with Crippen LogP contribution in [0, 0.1) is 0 Å². The van der Waals surface area contributed by atoms with Crippen molar-refractivity contribution in [1.82, 2.24) is 24.5 Å². The Hall–Kier alpha value is -2.88. The van der Waals surface area contributed by atoms with Crippen molar-refractivity contribution in [2.45, 2.75) is 43.4 Å². The number of benzene rings is 1. The lowest BCUT2D eigenvalue weighted by Gasteiger charge is -2.20. The van der Waals surface area contributed by atoms with Gasteiger partial charge in [0, 0.05) is 49.5 Å². The third-order valence-corrected chi connectivity index (χ3v) is 8.99. The molecule has 0 bridgehead atoms.